The number of rotatable bonds is 4. The molecule has 0 aliphatic rings. The van der Waals surface area contributed by atoms with E-state index in [0.717, 1.165) is 17.8 Å². The van der Waals surface area contributed by atoms with Gasteiger partial charge in [0.25, 0.3) is 0 Å². The highest BCUT2D eigenvalue weighted by Gasteiger charge is 2.07. The number of terminal acetylenes is 1. The highest BCUT2D eigenvalue weighted by Crippen LogP contribution is 2.18. The maximum Gasteiger partial charge on any atom is 0.0792 e. The molecular formula is C11H14N2O. The third-order valence-corrected chi connectivity index (χ3v) is 2.06. The average Bonchev–Trinajstić information content (AvgIpc) is 2.26. The summed E-state index contributed by atoms with van der Waals surface area (Å²) < 4.78 is 0. The van der Waals surface area contributed by atoms with E-state index in [4.69, 9.17) is 11.5 Å². The second kappa shape index (κ2) is 5.25. The quantitative estimate of drug-likeness (QED) is 0.720. The molecule has 1 heterocycles. The molecule has 14 heavy (non-hydrogen) atoms. The molecular weight excluding hydrogens is 176 g/mol. The Kier molecular flexibility index (Phi) is 3.96. The maximum atomic E-state index is 9.12. The highest BCUT2D eigenvalue weighted by atomic mass is 16.3. The minimum absolute atomic E-state index is 0.0128. The molecule has 1 N–H and O–H groups in total. The minimum Gasteiger partial charge on any atom is -0.392 e. The third kappa shape index (κ3) is 2.24. The van der Waals surface area contributed by atoms with E-state index in [9.17, 15) is 0 Å². The zero-order valence-corrected chi connectivity index (χ0v) is 8.27. The molecule has 0 saturated carbocycles. The van der Waals surface area contributed by atoms with Gasteiger partial charge < -0.3 is 10.0 Å². The standard InChI is InChI=1S/C11H14N2O/c1-3-7-13(4-2)11-8-12-6-5-10(11)9-14/h1,5-6,8,14H,4,7,9H2,2H3. The van der Waals surface area contributed by atoms with Crippen molar-refractivity contribution in [3.63, 3.8) is 0 Å². The number of hydrogen-bond donors (Lipinski definition) is 1. The Morgan fingerprint density at radius 1 is 1.64 bits per heavy atom. The van der Waals surface area contributed by atoms with Crippen molar-refractivity contribution in [3.05, 3.63) is 24.0 Å². The molecule has 74 valence electrons. The Morgan fingerprint density at radius 3 is 3.00 bits per heavy atom. The molecule has 0 saturated heterocycles. The number of aliphatic hydroxyl groups is 1. The molecule has 0 aliphatic heterocycles. The van der Waals surface area contributed by atoms with Crippen LogP contribution in [0.5, 0.6) is 0 Å². The first-order valence-electron chi connectivity index (χ1n) is 4.55. The molecule has 0 bridgehead atoms. The van der Waals surface area contributed by atoms with Crippen molar-refractivity contribution >= 4 is 5.69 Å². The van der Waals surface area contributed by atoms with Crippen LogP contribution in [0, 0.1) is 12.3 Å². The van der Waals surface area contributed by atoms with E-state index in [0.29, 0.717) is 6.54 Å². The van der Waals surface area contributed by atoms with Crippen molar-refractivity contribution in [1.82, 2.24) is 4.98 Å². The molecule has 0 spiro atoms. The molecule has 3 nitrogen and oxygen atoms in total. The zero-order valence-electron chi connectivity index (χ0n) is 8.27. The van der Waals surface area contributed by atoms with Gasteiger partial charge in [-0.15, -0.1) is 6.42 Å². The van der Waals surface area contributed by atoms with Gasteiger partial charge in [0, 0.05) is 18.3 Å². The molecule has 1 rings (SSSR count). The van der Waals surface area contributed by atoms with E-state index in [1.807, 2.05) is 11.8 Å². The van der Waals surface area contributed by atoms with Gasteiger partial charge in [-0.2, -0.15) is 0 Å². The zero-order chi connectivity index (χ0) is 10.4. The van der Waals surface area contributed by atoms with Crippen LogP contribution in [0.15, 0.2) is 18.5 Å². The number of anilines is 1. The Bertz CT molecular complexity index is 330. The van der Waals surface area contributed by atoms with E-state index in [1.165, 1.54) is 0 Å². The van der Waals surface area contributed by atoms with Crippen molar-refractivity contribution in [1.29, 1.82) is 0 Å². The molecule has 0 fully saturated rings. The molecule has 0 radical (unpaired) electrons. The van der Waals surface area contributed by atoms with Crippen LogP contribution in [0.25, 0.3) is 0 Å². The van der Waals surface area contributed by atoms with Gasteiger partial charge in [-0.05, 0) is 13.0 Å². The van der Waals surface area contributed by atoms with Gasteiger partial charge in [-0.1, -0.05) is 5.92 Å². The second-order valence-corrected chi connectivity index (χ2v) is 2.88. The van der Waals surface area contributed by atoms with Crippen LogP contribution in [0.3, 0.4) is 0 Å². The Balaban J connectivity index is 2.97. The van der Waals surface area contributed by atoms with Gasteiger partial charge >= 0.3 is 0 Å². The number of hydrogen-bond acceptors (Lipinski definition) is 3. The fourth-order valence-electron chi connectivity index (χ4n) is 1.31. The van der Waals surface area contributed by atoms with Crippen LogP contribution in [-0.4, -0.2) is 23.2 Å². The van der Waals surface area contributed by atoms with Crippen molar-refractivity contribution in [2.75, 3.05) is 18.0 Å². The second-order valence-electron chi connectivity index (χ2n) is 2.88. The number of aromatic nitrogens is 1. The summed E-state index contributed by atoms with van der Waals surface area (Å²) in [6, 6.07) is 1.80. The summed E-state index contributed by atoms with van der Waals surface area (Å²) in [5.74, 6) is 2.59. The van der Waals surface area contributed by atoms with E-state index in [2.05, 4.69) is 10.9 Å². The minimum atomic E-state index is 0.0128. The van der Waals surface area contributed by atoms with Crippen LogP contribution in [0.1, 0.15) is 12.5 Å². The molecule has 0 aliphatic carbocycles. The van der Waals surface area contributed by atoms with Crippen LogP contribution in [0.4, 0.5) is 5.69 Å². The lowest BCUT2D eigenvalue weighted by Crippen LogP contribution is -2.24. The molecule has 0 unspecified atom stereocenters. The molecule has 0 atom stereocenters. The van der Waals surface area contributed by atoms with Gasteiger partial charge in [-0.3, -0.25) is 4.98 Å². The maximum absolute atomic E-state index is 9.12. The van der Waals surface area contributed by atoms with Gasteiger partial charge in [-0.25, -0.2) is 0 Å². The Labute approximate surface area is 84.4 Å². The molecule has 0 aromatic carbocycles. The van der Waals surface area contributed by atoms with E-state index >= 15 is 0 Å². The first-order valence-corrected chi connectivity index (χ1v) is 4.55. The summed E-state index contributed by atoms with van der Waals surface area (Å²) in [6.45, 7) is 3.38. The van der Waals surface area contributed by atoms with E-state index < -0.39 is 0 Å². The van der Waals surface area contributed by atoms with Gasteiger partial charge in [0.15, 0.2) is 0 Å². The predicted octanol–water partition coefficient (Wildman–Crippen LogP) is 1.03. The average molecular weight is 190 g/mol. The molecule has 3 heteroatoms. The van der Waals surface area contributed by atoms with E-state index in [-0.39, 0.29) is 6.61 Å². The van der Waals surface area contributed by atoms with Crippen molar-refractivity contribution < 1.29 is 5.11 Å². The lowest BCUT2D eigenvalue weighted by atomic mass is 10.2. The van der Waals surface area contributed by atoms with Gasteiger partial charge in [0.1, 0.15) is 0 Å². The summed E-state index contributed by atoms with van der Waals surface area (Å²) in [7, 11) is 0. The van der Waals surface area contributed by atoms with Crippen LogP contribution in [-0.2, 0) is 6.61 Å². The summed E-state index contributed by atoms with van der Waals surface area (Å²) >= 11 is 0. The normalized spacial score (nSPS) is 9.50. The fourth-order valence-corrected chi connectivity index (χ4v) is 1.31. The van der Waals surface area contributed by atoms with Gasteiger partial charge in [0.2, 0.25) is 0 Å². The predicted molar refractivity (Wildman–Crippen MR) is 56.9 cm³/mol. The highest BCUT2D eigenvalue weighted by molar-refractivity contribution is 5.52. The smallest absolute Gasteiger partial charge is 0.0792 e. The molecule has 0 amide bonds. The lowest BCUT2D eigenvalue weighted by Gasteiger charge is -2.22. The SMILES string of the molecule is C#CCN(CC)c1cnccc1CO. The fraction of sp³-hybridized carbons (Fsp3) is 0.364. The summed E-state index contributed by atoms with van der Waals surface area (Å²) in [6.07, 6.45) is 8.65. The van der Waals surface area contributed by atoms with Crippen molar-refractivity contribution in [3.8, 4) is 12.3 Å². The first-order chi connectivity index (χ1) is 6.83. The molecule has 1 aromatic rings. The number of aliphatic hydroxyl groups excluding tert-OH is 1. The first kappa shape index (κ1) is 10.6. The number of nitrogens with zero attached hydrogens (tertiary/aromatic N) is 2. The largest absolute Gasteiger partial charge is 0.392 e. The summed E-state index contributed by atoms with van der Waals surface area (Å²) in [5, 5.41) is 9.12. The summed E-state index contributed by atoms with van der Waals surface area (Å²) in [5.41, 5.74) is 1.77. The Morgan fingerprint density at radius 2 is 2.43 bits per heavy atom. The van der Waals surface area contributed by atoms with Crippen molar-refractivity contribution in [2.24, 2.45) is 0 Å². The Hall–Kier alpha value is -1.53. The van der Waals surface area contributed by atoms with Gasteiger partial charge in [0.05, 0.1) is 25.0 Å². The lowest BCUT2D eigenvalue weighted by molar-refractivity contribution is 0.282. The van der Waals surface area contributed by atoms with Crippen LogP contribution >= 0.6 is 0 Å². The van der Waals surface area contributed by atoms with Crippen LogP contribution in [0.2, 0.25) is 0 Å². The summed E-state index contributed by atoms with van der Waals surface area (Å²) in [4.78, 5) is 6.02. The monoisotopic (exact) mass is 190 g/mol. The van der Waals surface area contributed by atoms with Crippen LogP contribution < -0.4 is 4.90 Å². The van der Waals surface area contributed by atoms with Crippen molar-refractivity contribution in [2.45, 2.75) is 13.5 Å². The third-order valence-electron chi connectivity index (χ3n) is 2.06. The topological polar surface area (TPSA) is 36.4 Å². The van der Waals surface area contributed by atoms with E-state index in [1.54, 1.807) is 18.5 Å². The molecule has 1 aromatic heterocycles. The number of pyridine rings is 1.